The van der Waals surface area contributed by atoms with Crippen molar-refractivity contribution in [2.24, 2.45) is 0 Å². The second-order valence-corrected chi connectivity index (χ2v) is 8.91. The number of fused-ring (bicyclic) bond motifs is 1. The monoisotopic (exact) mass is 487 g/mol. The molecule has 0 radical (unpaired) electrons. The number of anilines is 2. The minimum absolute atomic E-state index is 0.0586. The van der Waals surface area contributed by atoms with Crippen LogP contribution in [0.15, 0.2) is 48.5 Å². The Balaban J connectivity index is 1.27. The van der Waals surface area contributed by atoms with Gasteiger partial charge in [-0.25, -0.2) is 4.98 Å². The van der Waals surface area contributed by atoms with Crippen LogP contribution in [0, 0.1) is 0 Å². The van der Waals surface area contributed by atoms with Gasteiger partial charge in [-0.05, 0) is 55.5 Å². The lowest BCUT2D eigenvalue weighted by Gasteiger charge is -2.30. The van der Waals surface area contributed by atoms with E-state index in [4.69, 9.17) is 4.98 Å². The molecule has 1 aromatic heterocycles. The van der Waals surface area contributed by atoms with Gasteiger partial charge in [-0.3, -0.25) is 4.79 Å². The Morgan fingerprint density at radius 3 is 2.31 bits per heavy atom. The molecule has 186 valence electrons. The molecule has 10 heteroatoms. The number of para-hydroxylation sites is 1. The van der Waals surface area contributed by atoms with Crippen molar-refractivity contribution >= 4 is 28.6 Å². The van der Waals surface area contributed by atoms with E-state index in [9.17, 15) is 18.0 Å². The first-order valence-electron chi connectivity index (χ1n) is 11.5. The van der Waals surface area contributed by atoms with E-state index in [1.807, 2.05) is 43.3 Å². The first kappa shape index (κ1) is 24.6. The van der Waals surface area contributed by atoms with Crippen molar-refractivity contribution in [3.8, 4) is 5.75 Å². The molecule has 0 aliphatic heterocycles. The Hall–Kier alpha value is -3.56. The number of hydrogen-bond acceptors (Lipinski definition) is 6. The zero-order valence-corrected chi connectivity index (χ0v) is 19.6. The van der Waals surface area contributed by atoms with E-state index in [1.54, 1.807) is 0 Å². The zero-order valence-electron chi connectivity index (χ0n) is 19.6. The summed E-state index contributed by atoms with van der Waals surface area (Å²) in [7, 11) is 3.91. The van der Waals surface area contributed by atoms with Crippen LogP contribution in [0.2, 0.25) is 0 Å². The van der Waals surface area contributed by atoms with Crippen LogP contribution >= 0.6 is 0 Å². The molecule has 0 bridgehead atoms. The molecule has 4 rings (SSSR count). The highest BCUT2D eigenvalue weighted by Gasteiger charge is 2.31. The van der Waals surface area contributed by atoms with Crippen LogP contribution in [0.4, 0.5) is 24.9 Å². The highest BCUT2D eigenvalue weighted by molar-refractivity contribution is 5.90. The fourth-order valence-corrected chi connectivity index (χ4v) is 4.30. The van der Waals surface area contributed by atoms with Gasteiger partial charge in [0, 0.05) is 31.6 Å². The first-order valence-corrected chi connectivity index (χ1v) is 11.5. The molecule has 1 saturated carbocycles. The van der Waals surface area contributed by atoms with Gasteiger partial charge in [0.1, 0.15) is 11.6 Å². The van der Waals surface area contributed by atoms with Gasteiger partial charge in [-0.15, -0.1) is 13.2 Å². The van der Waals surface area contributed by atoms with Gasteiger partial charge in [-0.1, -0.05) is 24.3 Å². The van der Waals surface area contributed by atoms with Gasteiger partial charge >= 0.3 is 6.36 Å². The van der Waals surface area contributed by atoms with E-state index < -0.39 is 6.36 Å². The number of amides is 1. The predicted octanol–water partition coefficient (Wildman–Crippen LogP) is 4.68. The summed E-state index contributed by atoms with van der Waals surface area (Å²) in [5.41, 5.74) is 1.50. The predicted molar refractivity (Wildman–Crippen MR) is 129 cm³/mol. The zero-order chi connectivity index (χ0) is 25.0. The van der Waals surface area contributed by atoms with Crippen LogP contribution < -0.4 is 20.3 Å². The second kappa shape index (κ2) is 10.4. The summed E-state index contributed by atoms with van der Waals surface area (Å²) in [6.07, 6.45) is -1.28. The number of nitrogens with zero attached hydrogens (tertiary/aromatic N) is 3. The first-order chi connectivity index (χ1) is 16.7. The highest BCUT2D eigenvalue weighted by atomic mass is 19.4. The fourth-order valence-electron chi connectivity index (χ4n) is 4.30. The van der Waals surface area contributed by atoms with E-state index in [2.05, 4.69) is 20.4 Å². The molecule has 3 aromatic rings. The van der Waals surface area contributed by atoms with E-state index in [1.165, 1.54) is 24.3 Å². The van der Waals surface area contributed by atoms with Gasteiger partial charge in [0.05, 0.1) is 11.9 Å². The number of nitrogens with one attached hydrogen (secondary N) is 2. The van der Waals surface area contributed by atoms with Crippen LogP contribution in [-0.2, 0) is 11.2 Å². The lowest BCUT2D eigenvalue weighted by Crippen LogP contribution is -2.40. The van der Waals surface area contributed by atoms with Crippen molar-refractivity contribution in [1.82, 2.24) is 15.3 Å². The number of ether oxygens (including phenoxy) is 1. The molecule has 35 heavy (non-hydrogen) atoms. The van der Waals surface area contributed by atoms with Crippen LogP contribution in [-0.4, -0.2) is 48.4 Å². The molecule has 7 nitrogen and oxygen atoms in total. The third-order valence-corrected chi connectivity index (χ3v) is 5.95. The smallest absolute Gasteiger partial charge is 0.406 e. The summed E-state index contributed by atoms with van der Waals surface area (Å²) in [5, 5.41) is 7.48. The molecular weight excluding hydrogens is 459 g/mol. The van der Waals surface area contributed by atoms with Crippen LogP contribution in [0.5, 0.6) is 5.75 Å². The number of hydrogen-bond donors (Lipinski definition) is 2. The summed E-state index contributed by atoms with van der Waals surface area (Å²) in [6, 6.07) is 13.5. The highest BCUT2D eigenvalue weighted by Crippen LogP contribution is 2.27. The second-order valence-electron chi connectivity index (χ2n) is 8.91. The summed E-state index contributed by atoms with van der Waals surface area (Å²) in [4.78, 5) is 23.8. The Kier molecular flexibility index (Phi) is 7.28. The maximum Gasteiger partial charge on any atom is 0.573 e. The maximum atomic E-state index is 12.4. The van der Waals surface area contributed by atoms with Crippen molar-refractivity contribution in [3.05, 3.63) is 54.1 Å². The van der Waals surface area contributed by atoms with E-state index in [-0.39, 0.29) is 30.2 Å². The van der Waals surface area contributed by atoms with Gasteiger partial charge in [-0.2, -0.15) is 4.98 Å². The standard InChI is InChI=1S/C25H28F3N5O2/c1-33(2)23-20-5-3-4-6-21(20)31-24(32-23)30-18-11-9-17(10-12-18)29-22(34)15-16-7-13-19(14-8-16)35-25(26,27)28/h3-8,13-14,17-18H,9-12,15H2,1-2H3,(H,29,34)(H,30,31,32)/t17-,18+. The van der Waals surface area contributed by atoms with Crippen molar-refractivity contribution in [3.63, 3.8) is 0 Å². The summed E-state index contributed by atoms with van der Waals surface area (Å²) in [5.74, 6) is 0.995. The quantitative estimate of drug-likeness (QED) is 0.504. The van der Waals surface area contributed by atoms with Gasteiger partial charge < -0.3 is 20.3 Å². The number of aromatic nitrogens is 2. The Morgan fingerprint density at radius 1 is 1.00 bits per heavy atom. The molecule has 0 atom stereocenters. The van der Waals surface area contributed by atoms with Crippen molar-refractivity contribution < 1.29 is 22.7 Å². The van der Waals surface area contributed by atoms with Crippen LogP contribution in [0.3, 0.4) is 0 Å². The Labute approximate surface area is 201 Å². The number of halogens is 3. The van der Waals surface area contributed by atoms with Crippen molar-refractivity contribution in [1.29, 1.82) is 0 Å². The van der Waals surface area contributed by atoms with Crippen LogP contribution in [0.25, 0.3) is 10.9 Å². The number of benzene rings is 2. The van der Waals surface area contributed by atoms with E-state index in [0.29, 0.717) is 11.5 Å². The fraction of sp³-hybridized carbons (Fsp3) is 0.400. The van der Waals surface area contributed by atoms with E-state index in [0.717, 1.165) is 42.4 Å². The molecule has 0 spiro atoms. The topological polar surface area (TPSA) is 79.4 Å². The average molecular weight is 488 g/mol. The molecule has 0 saturated heterocycles. The molecule has 1 aliphatic rings. The van der Waals surface area contributed by atoms with Crippen LogP contribution in [0.1, 0.15) is 31.2 Å². The normalized spacial score (nSPS) is 18.2. The molecule has 0 unspecified atom stereocenters. The molecule has 1 heterocycles. The third-order valence-electron chi connectivity index (χ3n) is 5.95. The molecule has 2 aromatic carbocycles. The lowest BCUT2D eigenvalue weighted by atomic mass is 9.91. The molecule has 2 N–H and O–H groups in total. The van der Waals surface area contributed by atoms with Gasteiger partial charge in [0.15, 0.2) is 0 Å². The Morgan fingerprint density at radius 2 is 1.66 bits per heavy atom. The van der Waals surface area contributed by atoms with Crippen molar-refractivity contribution in [2.45, 2.75) is 50.6 Å². The molecule has 1 aliphatic carbocycles. The summed E-state index contributed by atoms with van der Waals surface area (Å²) >= 11 is 0. The summed E-state index contributed by atoms with van der Waals surface area (Å²) < 4.78 is 40.7. The Bertz CT molecular complexity index is 1160. The third kappa shape index (κ3) is 6.74. The SMILES string of the molecule is CN(C)c1nc(N[C@H]2CC[C@@H](NC(=O)Cc3ccc(OC(F)(F)F)cc3)CC2)nc2ccccc12. The minimum Gasteiger partial charge on any atom is -0.406 e. The van der Waals surface area contributed by atoms with Crippen molar-refractivity contribution in [2.75, 3.05) is 24.3 Å². The molecule has 1 fully saturated rings. The number of carbonyl (C=O) groups excluding carboxylic acids is 1. The van der Waals surface area contributed by atoms with Gasteiger partial charge in [0.25, 0.3) is 0 Å². The lowest BCUT2D eigenvalue weighted by molar-refractivity contribution is -0.274. The average Bonchev–Trinajstić information content (AvgIpc) is 2.80. The van der Waals surface area contributed by atoms with Gasteiger partial charge in [0.2, 0.25) is 11.9 Å². The summed E-state index contributed by atoms with van der Waals surface area (Å²) in [6.45, 7) is 0. The largest absolute Gasteiger partial charge is 0.573 e. The van der Waals surface area contributed by atoms with E-state index >= 15 is 0 Å². The molecular formula is C25H28F3N5O2. The minimum atomic E-state index is -4.73. The number of rotatable bonds is 7. The number of alkyl halides is 3. The number of carbonyl (C=O) groups is 1. The maximum absolute atomic E-state index is 12.4. The molecule has 1 amide bonds.